The summed E-state index contributed by atoms with van der Waals surface area (Å²) in [5.74, 6) is -0.0203. The molecule has 0 saturated carbocycles. The number of carbonyl (C=O) groups is 2. The van der Waals surface area contributed by atoms with E-state index in [4.69, 9.17) is 9.47 Å². The number of hydrogen-bond acceptors (Lipinski definition) is 6. The Hall–Kier alpha value is -3.54. The molecule has 0 fully saturated rings. The number of benzene rings is 2. The minimum absolute atomic E-state index is 0.00643. The van der Waals surface area contributed by atoms with Crippen molar-refractivity contribution in [3.63, 3.8) is 0 Å². The highest BCUT2D eigenvalue weighted by Crippen LogP contribution is 2.46. The Balaban J connectivity index is 1.76. The fourth-order valence-corrected chi connectivity index (χ4v) is 4.63. The smallest absolute Gasteiger partial charge is 0.336 e. The number of rotatable bonds is 5. The summed E-state index contributed by atoms with van der Waals surface area (Å²) in [6.45, 7) is 3.84. The van der Waals surface area contributed by atoms with Crippen LogP contribution in [-0.2, 0) is 14.3 Å². The Morgan fingerprint density at radius 1 is 1.06 bits per heavy atom. The van der Waals surface area contributed by atoms with Gasteiger partial charge >= 0.3 is 5.97 Å². The molecule has 4 rings (SSSR count). The van der Waals surface area contributed by atoms with Crippen LogP contribution in [0.3, 0.4) is 0 Å². The van der Waals surface area contributed by atoms with Crippen molar-refractivity contribution in [2.75, 3.05) is 13.7 Å². The quantitative estimate of drug-likeness (QED) is 0.683. The van der Waals surface area contributed by atoms with Crippen LogP contribution in [0.2, 0.25) is 0 Å². The normalized spacial score (nSPS) is 20.5. The molecule has 32 heavy (non-hydrogen) atoms. The lowest BCUT2D eigenvalue weighted by Gasteiger charge is -2.36. The summed E-state index contributed by atoms with van der Waals surface area (Å²) in [4.78, 5) is 26.3. The molecule has 1 aliphatic heterocycles. The van der Waals surface area contributed by atoms with Gasteiger partial charge in [0.1, 0.15) is 11.5 Å². The summed E-state index contributed by atoms with van der Waals surface area (Å²) in [5, 5.41) is 13.1. The number of dihydropyridines is 1. The van der Waals surface area contributed by atoms with Crippen molar-refractivity contribution >= 4 is 11.8 Å². The summed E-state index contributed by atoms with van der Waals surface area (Å²) < 4.78 is 10.6. The lowest BCUT2D eigenvalue weighted by Crippen LogP contribution is -2.36. The lowest BCUT2D eigenvalue weighted by molar-refractivity contribution is -0.138. The van der Waals surface area contributed by atoms with E-state index >= 15 is 0 Å². The summed E-state index contributed by atoms with van der Waals surface area (Å²) in [5.41, 5.74) is 4.41. The fourth-order valence-electron chi connectivity index (χ4n) is 4.63. The summed E-state index contributed by atoms with van der Waals surface area (Å²) >= 11 is 0. The van der Waals surface area contributed by atoms with Crippen LogP contribution in [0.1, 0.15) is 49.7 Å². The van der Waals surface area contributed by atoms with Gasteiger partial charge in [0.2, 0.25) is 0 Å². The van der Waals surface area contributed by atoms with Gasteiger partial charge in [-0.1, -0.05) is 24.3 Å². The maximum atomic E-state index is 13.5. The van der Waals surface area contributed by atoms with E-state index in [1.54, 1.807) is 38.3 Å². The first-order valence-corrected chi connectivity index (χ1v) is 10.8. The molecule has 0 saturated heterocycles. The molecule has 1 heterocycles. The molecule has 2 aliphatic rings. The van der Waals surface area contributed by atoms with Crippen molar-refractivity contribution in [1.82, 2.24) is 5.32 Å². The van der Waals surface area contributed by atoms with E-state index in [0.717, 1.165) is 22.6 Å². The van der Waals surface area contributed by atoms with Crippen LogP contribution in [0.25, 0.3) is 0 Å². The van der Waals surface area contributed by atoms with Gasteiger partial charge in [-0.2, -0.15) is 0 Å². The third-order valence-electron chi connectivity index (χ3n) is 6.14. The molecule has 2 aromatic rings. The number of carbonyl (C=O) groups excluding carboxylic acids is 2. The number of allylic oxidation sites excluding steroid dienone is 3. The molecule has 0 bridgehead atoms. The van der Waals surface area contributed by atoms with Gasteiger partial charge in [0.25, 0.3) is 0 Å². The summed E-state index contributed by atoms with van der Waals surface area (Å²) in [7, 11) is 1.63. The number of methoxy groups -OCH3 is 1. The third kappa shape index (κ3) is 4.00. The van der Waals surface area contributed by atoms with Crippen molar-refractivity contribution < 1.29 is 24.2 Å². The van der Waals surface area contributed by atoms with E-state index in [2.05, 4.69) is 5.32 Å². The van der Waals surface area contributed by atoms with Gasteiger partial charge in [-0.25, -0.2) is 4.79 Å². The maximum absolute atomic E-state index is 13.5. The number of esters is 1. The molecule has 0 radical (unpaired) electrons. The topological polar surface area (TPSA) is 84.9 Å². The second-order valence-electron chi connectivity index (χ2n) is 8.10. The van der Waals surface area contributed by atoms with E-state index in [1.165, 1.54) is 0 Å². The van der Waals surface area contributed by atoms with E-state index in [0.29, 0.717) is 29.7 Å². The molecule has 166 valence electrons. The van der Waals surface area contributed by atoms with Gasteiger partial charge < -0.3 is 19.9 Å². The van der Waals surface area contributed by atoms with Gasteiger partial charge in [-0.3, -0.25) is 4.79 Å². The van der Waals surface area contributed by atoms with E-state index in [1.807, 2.05) is 31.2 Å². The zero-order valence-electron chi connectivity index (χ0n) is 18.5. The van der Waals surface area contributed by atoms with E-state index in [9.17, 15) is 14.7 Å². The zero-order valence-corrected chi connectivity index (χ0v) is 18.5. The van der Waals surface area contributed by atoms with Crippen molar-refractivity contribution in [3.05, 3.63) is 82.2 Å². The van der Waals surface area contributed by atoms with Gasteiger partial charge in [-0.15, -0.1) is 0 Å². The van der Waals surface area contributed by atoms with E-state index < -0.39 is 11.9 Å². The molecule has 0 unspecified atom stereocenters. The van der Waals surface area contributed by atoms with Gasteiger partial charge in [0.05, 0.1) is 19.3 Å². The first kappa shape index (κ1) is 21.7. The lowest BCUT2D eigenvalue weighted by atomic mass is 9.71. The number of ketones is 1. The highest BCUT2D eigenvalue weighted by molar-refractivity contribution is 6.04. The first-order valence-electron chi connectivity index (χ1n) is 10.8. The second kappa shape index (κ2) is 8.91. The predicted octanol–water partition coefficient (Wildman–Crippen LogP) is 4.33. The number of ether oxygens (including phenoxy) is 2. The van der Waals surface area contributed by atoms with E-state index in [-0.39, 0.29) is 24.1 Å². The Bertz CT molecular complexity index is 1100. The van der Waals surface area contributed by atoms with Crippen LogP contribution >= 0.6 is 0 Å². The average Bonchev–Trinajstić information content (AvgIpc) is 2.78. The van der Waals surface area contributed by atoms with Gasteiger partial charge in [-0.05, 0) is 61.6 Å². The molecule has 2 aromatic carbocycles. The first-order chi connectivity index (χ1) is 15.4. The number of aromatic hydroxyl groups is 1. The summed E-state index contributed by atoms with van der Waals surface area (Å²) in [6, 6.07) is 14.5. The minimum atomic E-state index is -0.532. The SMILES string of the molecule is CCOC(=O)C1=C(C)NC2=C(C(=O)C[C@@H](c3ccc(OC)cc3)C2)[C@H]1c1ccc(O)cc1. The molecular weight excluding hydrogens is 406 g/mol. The van der Waals surface area contributed by atoms with Crippen LogP contribution in [0.5, 0.6) is 11.5 Å². The predicted molar refractivity (Wildman–Crippen MR) is 120 cm³/mol. The van der Waals surface area contributed by atoms with Crippen molar-refractivity contribution in [1.29, 1.82) is 0 Å². The highest BCUT2D eigenvalue weighted by atomic mass is 16.5. The van der Waals surface area contributed by atoms with Crippen LogP contribution in [0.4, 0.5) is 0 Å². The molecule has 0 amide bonds. The summed E-state index contributed by atoms with van der Waals surface area (Å²) in [6.07, 6.45) is 1.02. The monoisotopic (exact) mass is 433 g/mol. The number of nitrogens with one attached hydrogen (secondary N) is 1. The third-order valence-corrected chi connectivity index (χ3v) is 6.14. The number of phenols is 1. The average molecular weight is 434 g/mol. The molecule has 1 aliphatic carbocycles. The standard InChI is InChI=1S/C26H27NO5/c1-4-32-26(30)23-15(2)27-21-13-18(16-7-11-20(31-3)12-8-16)14-22(29)25(21)24(23)17-5-9-19(28)10-6-17/h5-12,18,24,27-28H,4,13-14H2,1-3H3/t18-,24-/m0/s1. The molecule has 6 heteroatoms. The minimum Gasteiger partial charge on any atom is -0.508 e. The van der Waals surface area contributed by atoms with Crippen molar-refractivity contribution in [2.45, 2.75) is 38.5 Å². The Kier molecular flexibility index (Phi) is 6.04. The molecule has 6 nitrogen and oxygen atoms in total. The zero-order chi connectivity index (χ0) is 22.8. The molecule has 2 atom stereocenters. The van der Waals surface area contributed by atoms with Crippen LogP contribution in [-0.4, -0.2) is 30.6 Å². The highest BCUT2D eigenvalue weighted by Gasteiger charge is 2.41. The Labute approximate surface area is 187 Å². The van der Waals surface area contributed by atoms with Gasteiger partial charge in [0.15, 0.2) is 5.78 Å². The number of hydrogen-bond donors (Lipinski definition) is 2. The largest absolute Gasteiger partial charge is 0.508 e. The van der Waals surface area contributed by atoms with Crippen LogP contribution in [0.15, 0.2) is 71.1 Å². The molecule has 0 spiro atoms. The number of phenolic OH excluding ortho intramolecular Hbond substituents is 1. The van der Waals surface area contributed by atoms with Crippen LogP contribution in [0, 0.1) is 0 Å². The Morgan fingerprint density at radius 3 is 2.34 bits per heavy atom. The van der Waals surface area contributed by atoms with Crippen LogP contribution < -0.4 is 10.1 Å². The molecular formula is C26H27NO5. The molecule has 2 N–H and O–H groups in total. The maximum Gasteiger partial charge on any atom is 0.336 e. The number of Topliss-reactive ketones (excluding diaryl/α,β-unsaturated/α-hetero) is 1. The van der Waals surface area contributed by atoms with Crippen molar-refractivity contribution in [2.24, 2.45) is 0 Å². The second-order valence-corrected chi connectivity index (χ2v) is 8.10. The molecule has 0 aromatic heterocycles. The Morgan fingerprint density at radius 2 is 1.72 bits per heavy atom. The fraction of sp³-hybridized carbons (Fsp3) is 0.308. The van der Waals surface area contributed by atoms with Crippen molar-refractivity contribution in [3.8, 4) is 11.5 Å². The van der Waals surface area contributed by atoms with Gasteiger partial charge in [0, 0.05) is 29.3 Å².